The first-order valence-electron chi connectivity index (χ1n) is 7.61. The molecule has 1 amide bonds. The van der Waals surface area contributed by atoms with E-state index in [1.165, 1.54) is 23.9 Å². The lowest BCUT2D eigenvalue weighted by Crippen LogP contribution is -2.19. The van der Waals surface area contributed by atoms with Gasteiger partial charge in [0.15, 0.2) is 15.9 Å². The molecule has 0 bridgehead atoms. The Morgan fingerprint density at radius 1 is 1.29 bits per heavy atom. The quantitative estimate of drug-likeness (QED) is 0.336. The summed E-state index contributed by atoms with van der Waals surface area (Å²) in [7, 11) is 0. The van der Waals surface area contributed by atoms with Gasteiger partial charge in [-0.25, -0.2) is 0 Å². The maximum absolute atomic E-state index is 12.2. The molecule has 1 saturated heterocycles. The molecule has 0 radical (unpaired) electrons. The third kappa shape index (κ3) is 4.03. The molecule has 3 heterocycles. The lowest BCUT2D eigenvalue weighted by Gasteiger charge is -1.95. The molecule has 1 aliphatic rings. The zero-order chi connectivity index (χ0) is 19.7. The molecule has 1 fully saturated rings. The fourth-order valence-electron chi connectivity index (χ4n) is 2.22. The number of furan rings is 1. The maximum Gasteiger partial charge on any atom is 0.433 e. The van der Waals surface area contributed by atoms with Gasteiger partial charge in [-0.05, 0) is 41.6 Å². The van der Waals surface area contributed by atoms with Crippen molar-refractivity contribution in [3.05, 3.63) is 61.5 Å². The number of carbonyl (C=O) groups excluding carboxylic acids is 1. The van der Waals surface area contributed by atoms with Crippen LogP contribution in [-0.2, 0) is 4.79 Å². The molecule has 0 atom stereocenters. The Balaban J connectivity index is 1.53. The molecule has 1 aromatic carbocycles. The molecular formula is C16H8BrN5O4S2. The van der Waals surface area contributed by atoms with Crippen LogP contribution >= 0.6 is 39.0 Å². The number of thioether (sulfide) groups is 1. The molecule has 0 aliphatic carbocycles. The van der Waals surface area contributed by atoms with Crippen LogP contribution in [0.15, 0.2) is 55.2 Å². The van der Waals surface area contributed by atoms with Gasteiger partial charge >= 0.3 is 5.88 Å². The zero-order valence-corrected chi connectivity index (χ0v) is 16.9. The maximum atomic E-state index is 12.2. The van der Waals surface area contributed by atoms with Crippen molar-refractivity contribution in [2.75, 3.05) is 0 Å². The van der Waals surface area contributed by atoms with Crippen molar-refractivity contribution in [1.29, 1.82) is 0 Å². The van der Waals surface area contributed by atoms with Crippen LogP contribution in [0.25, 0.3) is 16.8 Å². The lowest BCUT2D eigenvalue weighted by molar-refractivity contribution is -0.401. The number of benzene rings is 1. The molecule has 12 heteroatoms. The molecule has 0 saturated carbocycles. The van der Waals surface area contributed by atoms with Gasteiger partial charge in [-0.15, -0.1) is 10.2 Å². The first kappa shape index (κ1) is 18.5. The molecule has 0 unspecified atom stereocenters. The third-order valence-electron chi connectivity index (χ3n) is 3.39. The van der Waals surface area contributed by atoms with E-state index in [4.69, 9.17) is 4.42 Å². The number of rotatable bonds is 4. The molecule has 2 aromatic heterocycles. The molecule has 4 rings (SSSR count). The van der Waals surface area contributed by atoms with E-state index in [0.717, 1.165) is 21.4 Å². The summed E-state index contributed by atoms with van der Waals surface area (Å²) in [5.41, 5.74) is 0.880. The highest BCUT2D eigenvalue weighted by Crippen LogP contribution is 2.33. The van der Waals surface area contributed by atoms with Gasteiger partial charge in [0.2, 0.25) is 5.13 Å². The second-order valence-corrected chi connectivity index (χ2v) is 8.22. The van der Waals surface area contributed by atoms with Gasteiger partial charge in [0.1, 0.15) is 4.92 Å². The Morgan fingerprint density at radius 3 is 2.89 bits per heavy atom. The van der Waals surface area contributed by atoms with Gasteiger partial charge in [-0.3, -0.25) is 14.9 Å². The van der Waals surface area contributed by atoms with E-state index in [1.54, 1.807) is 6.08 Å². The first-order valence-corrected chi connectivity index (χ1v) is 10.0. The molecule has 140 valence electrons. The Kier molecular flexibility index (Phi) is 5.07. The smallest absolute Gasteiger partial charge is 0.398 e. The van der Waals surface area contributed by atoms with Crippen LogP contribution < -0.4 is 5.32 Å². The Hall–Kier alpha value is -2.83. The number of hydrogen-bond acceptors (Lipinski definition) is 9. The topological polar surface area (TPSA) is 124 Å². The van der Waals surface area contributed by atoms with E-state index in [-0.39, 0.29) is 17.6 Å². The summed E-state index contributed by atoms with van der Waals surface area (Å²) in [5.74, 6) is -0.400. The van der Waals surface area contributed by atoms with Crippen LogP contribution in [-0.4, -0.2) is 26.2 Å². The van der Waals surface area contributed by atoms with E-state index in [1.807, 2.05) is 24.3 Å². The van der Waals surface area contributed by atoms with E-state index in [9.17, 15) is 14.9 Å². The summed E-state index contributed by atoms with van der Waals surface area (Å²) in [6.45, 7) is 0. The summed E-state index contributed by atoms with van der Waals surface area (Å²) < 4.78 is 6.01. The highest BCUT2D eigenvalue weighted by atomic mass is 79.9. The first-order chi connectivity index (χ1) is 13.5. The minimum Gasteiger partial charge on any atom is -0.398 e. The van der Waals surface area contributed by atoms with Crippen LogP contribution in [0.1, 0.15) is 5.56 Å². The second-order valence-electron chi connectivity index (χ2n) is 5.32. The van der Waals surface area contributed by atoms with Crippen LogP contribution in [0.4, 0.5) is 11.0 Å². The number of nitrogens with one attached hydrogen (secondary N) is 1. The standard InChI is InChI=1S/C16H8BrN5O4S2/c17-9-3-1-2-8(6-9)7-11-13(23)18-15(27-11)19-16-21-20-14(28-16)10-4-5-12(26-10)22(24)25/h1-7H,(H,18,19,21,23). The Morgan fingerprint density at radius 2 is 2.14 bits per heavy atom. The summed E-state index contributed by atoms with van der Waals surface area (Å²) in [6.07, 6.45) is 1.76. The van der Waals surface area contributed by atoms with Gasteiger partial charge in [0, 0.05) is 4.47 Å². The molecule has 1 aliphatic heterocycles. The summed E-state index contributed by atoms with van der Waals surface area (Å²) in [5, 5.41) is 22.2. The van der Waals surface area contributed by atoms with Crippen molar-refractivity contribution >= 4 is 67.2 Å². The number of nitro groups is 1. The van der Waals surface area contributed by atoms with E-state index >= 15 is 0 Å². The molecule has 9 nitrogen and oxygen atoms in total. The van der Waals surface area contributed by atoms with Crippen LogP contribution in [0.2, 0.25) is 0 Å². The number of nitrogens with zero attached hydrogens (tertiary/aromatic N) is 4. The summed E-state index contributed by atoms with van der Waals surface area (Å²) in [4.78, 5) is 27.0. The number of amides is 1. The second kappa shape index (κ2) is 7.66. The summed E-state index contributed by atoms with van der Waals surface area (Å²) >= 11 is 5.67. The van der Waals surface area contributed by atoms with Gasteiger partial charge in [-0.1, -0.05) is 39.4 Å². The van der Waals surface area contributed by atoms with Gasteiger partial charge in [-0.2, -0.15) is 4.99 Å². The minimum atomic E-state index is -0.629. The summed E-state index contributed by atoms with van der Waals surface area (Å²) in [6, 6.07) is 10.3. The Bertz CT molecular complexity index is 1150. The predicted molar refractivity (Wildman–Crippen MR) is 109 cm³/mol. The van der Waals surface area contributed by atoms with Gasteiger partial charge in [0.25, 0.3) is 5.91 Å². The lowest BCUT2D eigenvalue weighted by atomic mass is 10.2. The SMILES string of the molecule is O=C1NC(=Nc2nnc(-c3ccc([N+](=O)[O-])o3)s2)SC1=Cc1cccc(Br)c1. The number of carbonyl (C=O) groups is 1. The molecule has 0 spiro atoms. The van der Waals surface area contributed by atoms with E-state index < -0.39 is 4.92 Å². The number of hydrogen-bond donors (Lipinski definition) is 1. The van der Waals surface area contributed by atoms with Crippen molar-refractivity contribution in [3.8, 4) is 10.8 Å². The molecule has 3 aromatic rings. The fourth-order valence-corrected chi connectivity index (χ4v) is 4.20. The molecule has 28 heavy (non-hydrogen) atoms. The monoisotopic (exact) mass is 477 g/mol. The number of aliphatic imine (C=N–C) groups is 1. The predicted octanol–water partition coefficient (Wildman–Crippen LogP) is 4.36. The average molecular weight is 478 g/mol. The largest absolute Gasteiger partial charge is 0.433 e. The van der Waals surface area contributed by atoms with Crippen LogP contribution in [0.3, 0.4) is 0 Å². The minimum absolute atomic E-state index is 0.231. The normalized spacial score (nSPS) is 16.7. The van der Waals surface area contributed by atoms with E-state index in [2.05, 4.69) is 36.4 Å². The fraction of sp³-hybridized carbons (Fsp3) is 0. The van der Waals surface area contributed by atoms with Crippen molar-refractivity contribution in [3.63, 3.8) is 0 Å². The van der Waals surface area contributed by atoms with Gasteiger partial charge < -0.3 is 9.73 Å². The van der Waals surface area contributed by atoms with Gasteiger partial charge in [0.05, 0.1) is 11.0 Å². The highest BCUT2D eigenvalue weighted by molar-refractivity contribution is 9.10. The van der Waals surface area contributed by atoms with Crippen molar-refractivity contribution in [2.45, 2.75) is 0 Å². The number of halogens is 1. The average Bonchev–Trinajstić information content (AvgIpc) is 3.36. The number of amidine groups is 1. The molecule has 1 N–H and O–H groups in total. The van der Waals surface area contributed by atoms with E-state index in [0.29, 0.717) is 20.2 Å². The zero-order valence-electron chi connectivity index (χ0n) is 13.7. The third-order valence-corrected chi connectivity index (χ3v) is 5.63. The highest BCUT2D eigenvalue weighted by Gasteiger charge is 2.24. The molecular weight excluding hydrogens is 470 g/mol. The van der Waals surface area contributed by atoms with Crippen LogP contribution in [0, 0.1) is 10.1 Å². The number of aromatic nitrogens is 2. The van der Waals surface area contributed by atoms with Crippen molar-refractivity contribution in [2.24, 2.45) is 4.99 Å². The van der Waals surface area contributed by atoms with Crippen molar-refractivity contribution < 1.29 is 14.1 Å². The van der Waals surface area contributed by atoms with Crippen molar-refractivity contribution in [1.82, 2.24) is 15.5 Å². The van der Waals surface area contributed by atoms with Crippen LogP contribution in [0.5, 0.6) is 0 Å². The Labute approximate surface area is 173 Å².